The fraction of sp³-hybridized carbons (Fsp3) is 0.611. The lowest BCUT2D eigenvalue weighted by atomic mass is 10.0. The van der Waals surface area contributed by atoms with Crippen LogP contribution in [0.4, 0.5) is 13.2 Å². The molecular weight excluding hydrogens is 373 g/mol. The van der Waals surface area contributed by atoms with Gasteiger partial charge in [0.2, 0.25) is 0 Å². The molecular formula is C18H24ClF3O2S. The third-order valence-electron chi connectivity index (χ3n) is 3.85. The zero-order chi connectivity index (χ0) is 18.9. The van der Waals surface area contributed by atoms with E-state index < -0.39 is 11.7 Å². The molecule has 0 amide bonds. The number of carbonyl (C=O) groups excluding carboxylic acids is 1. The highest BCUT2D eigenvalue weighted by Crippen LogP contribution is 2.41. The molecule has 0 saturated heterocycles. The molecule has 0 fully saturated rings. The molecule has 0 aliphatic carbocycles. The summed E-state index contributed by atoms with van der Waals surface area (Å²) in [4.78, 5) is 11.8. The van der Waals surface area contributed by atoms with E-state index in [2.05, 4.69) is 13.8 Å². The molecule has 0 aliphatic rings. The van der Waals surface area contributed by atoms with Crippen LogP contribution in [-0.2, 0) is 15.7 Å². The van der Waals surface area contributed by atoms with Crippen molar-refractivity contribution in [1.82, 2.24) is 0 Å². The second kappa shape index (κ2) is 11.0. The molecule has 0 bridgehead atoms. The van der Waals surface area contributed by atoms with Crippen molar-refractivity contribution >= 4 is 29.3 Å². The molecule has 1 unspecified atom stereocenters. The average molecular weight is 397 g/mol. The lowest BCUT2D eigenvalue weighted by Gasteiger charge is -2.15. The molecule has 1 aromatic carbocycles. The summed E-state index contributed by atoms with van der Waals surface area (Å²) in [5.74, 6) is 0.188. The number of unbranched alkanes of at least 4 members (excludes halogenated alkanes) is 1. The summed E-state index contributed by atoms with van der Waals surface area (Å²) in [5.41, 5.74) is -0.847. The predicted molar refractivity (Wildman–Crippen MR) is 96.1 cm³/mol. The van der Waals surface area contributed by atoms with Gasteiger partial charge >= 0.3 is 12.1 Å². The number of esters is 1. The second-order valence-corrected chi connectivity index (χ2v) is 7.35. The van der Waals surface area contributed by atoms with Crippen LogP contribution in [0.2, 0.25) is 5.02 Å². The minimum atomic E-state index is -4.52. The lowest BCUT2D eigenvalue weighted by Crippen LogP contribution is -2.14. The number of halogens is 4. The molecule has 0 N–H and O–H groups in total. The predicted octanol–water partition coefficient (Wildman–Crippen LogP) is 6.60. The van der Waals surface area contributed by atoms with E-state index in [0.717, 1.165) is 37.4 Å². The van der Waals surface area contributed by atoms with Crippen molar-refractivity contribution in [3.8, 4) is 0 Å². The first-order valence-electron chi connectivity index (χ1n) is 8.43. The van der Waals surface area contributed by atoms with E-state index in [1.807, 2.05) is 0 Å². The van der Waals surface area contributed by atoms with Crippen LogP contribution in [0, 0.1) is 5.92 Å². The highest BCUT2D eigenvalue weighted by atomic mass is 35.5. The Morgan fingerprint density at radius 2 is 2.04 bits per heavy atom. The van der Waals surface area contributed by atoms with Gasteiger partial charge in [0, 0.05) is 10.6 Å². The summed E-state index contributed by atoms with van der Waals surface area (Å²) in [5, 5.41) is -0.332. The van der Waals surface area contributed by atoms with Crippen molar-refractivity contribution in [3.63, 3.8) is 0 Å². The smallest absolute Gasteiger partial charge is 0.418 e. The Kier molecular flexibility index (Phi) is 9.72. The van der Waals surface area contributed by atoms with Crippen molar-refractivity contribution < 1.29 is 22.7 Å². The van der Waals surface area contributed by atoms with Gasteiger partial charge in [0.1, 0.15) is 0 Å². The molecule has 142 valence electrons. The van der Waals surface area contributed by atoms with Crippen molar-refractivity contribution in [2.24, 2.45) is 5.92 Å². The van der Waals surface area contributed by atoms with Crippen LogP contribution >= 0.6 is 23.4 Å². The number of alkyl halides is 3. The zero-order valence-corrected chi connectivity index (χ0v) is 16.1. The number of carbonyl (C=O) groups is 1. The van der Waals surface area contributed by atoms with Crippen LogP contribution < -0.4 is 0 Å². The highest BCUT2D eigenvalue weighted by Gasteiger charge is 2.36. The quantitative estimate of drug-likeness (QED) is 0.329. The van der Waals surface area contributed by atoms with Crippen LogP contribution in [0.3, 0.4) is 0 Å². The van der Waals surface area contributed by atoms with Crippen molar-refractivity contribution in [1.29, 1.82) is 0 Å². The van der Waals surface area contributed by atoms with Crippen LogP contribution in [0.25, 0.3) is 0 Å². The number of thioether (sulfide) groups is 1. The Bertz CT molecular complexity index is 550. The minimum absolute atomic E-state index is 0.0298. The number of benzene rings is 1. The normalized spacial score (nSPS) is 12.9. The van der Waals surface area contributed by atoms with E-state index in [1.165, 1.54) is 18.2 Å². The van der Waals surface area contributed by atoms with Gasteiger partial charge in [0.15, 0.2) is 0 Å². The summed E-state index contributed by atoms with van der Waals surface area (Å²) in [6.45, 7) is 4.55. The monoisotopic (exact) mass is 396 g/mol. The van der Waals surface area contributed by atoms with Gasteiger partial charge in [-0.15, -0.1) is 11.8 Å². The fourth-order valence-electron chi connectivity index (χ4n) is 2.33. The maximum atomic E-state index is 13.1. The topological polar surface area (TPSA) is 26.3 Å². The molecule has 1 aromatic rings. The van der Waals surface area contributed by atoms with Gasteiger partial charge in [-0.25, -0.2) is 0 Å². The van der Waals surface area contributed by atoms with Crippen LogP contribution in [0.1, 0.15) is 51.5 Å². The van der Waals surface area contributed by atoms with Gasteiger partial charge in [-0.05, 0) is 24.5 Å². The maximum Gasteiger partial charge on any atom is 0.418 e. The number of ether oxygens (including phenoxy) is 1. The number of hydrogen-bond acceptors (Lipinski definition) is 3. The van der Waals surface area contributed by atoms with Gasteiger partial charge in [0.25, 0.3) is 0 Å². The van der Waals surface area contributed by atoms with Gasteiger partial charge < -0.3 is 4.74 Å². The lowest BCUT2D eigenvalue weighted by molar-refractivity contribution is -0.144. The van der Waals surface area contributed by atoms with E-state index >= 15 is 0 Å². The van der Waals surface area contributed by atoms with E-state index in [1.54, 1.807) is 0 Å². The molecule has 1 atom stereocenters. The summed E-state index contributed by atoms with van der Waals surface area (Å²) in [6.07, 6.45) is -0.289. The summed E-state index contributed by atoms with van der Waals surface area (Å²) in [6, 6.07) is 4.05. The van der Waals surface area contributed by atoms with Crippen molar-refractivity contribution in [3.05, 3.63) is 28.8 Å². The number of hydrogen-bond donors (Lipinski definition) is 0. The third-order valence-corrected chi connectivity index (χ3v) is 5.22. The Morgan fingerprint density at radius 3 is 2.64 bits per heavy atom. The summed E-state index contributed by atoms with van der Waals surface area (Å²) < 4.78 is 44.4. The van der Waals surface area contributed by atoms with E-state index in [-0.39, 0.29) is 28.1 Å². The second-order valence-electron chi connectivity index (χ2n) is 5.81. The highest BCUT2D eigenvalue weighted by molar-refractivity contribution is 7.99. The van der Waals surface area contributed by atoms with Crippen LogP contribution in [-0.4, -0.2) is 18.3 Å². The molecule has 0 spiro atoms. The first kappa shape index (κ1) is 22.2. The maximum absolute atomic E-state index is 13.1. The first-order valence-corrected chi connectivity index (χ1v) is 9.80. The number of rotatable bonds is 10. The standard InChI is InChI=1S/C18H24ClF3O2S/c1-3-5-7-13(4-2)12-24-16(23)10-11-25-15-9-6-8-14(19)17(15)18(20,21)22/h6,8-9,13H,3-5,7,10-12H2,1-2H3. The van der Waals surface area contributed by atoms with Gasteiger partial charge in [-0.3, -0.25) is 4.79 Å². The molecule has 0 aliphatic heterocycles. The third kappa shape index (κ3) is 7.90. The Hall–Kier alpha value is -0.880. The molecule has 0 saturated carbocycles. The molecule has 7 heteroatoms. The van der Waals surface area contributed by atoms with E-state index in [0.29, 0.717) is 12.5 Å². The van der Waals surface area contributed by atoms with Gasteiger partial charge in [0.05, 0.1) is 23.6 Å². The fourth-order valence-corrected chi connectivity index (χ4v) is 3.70. The Morgan fingerprint density at radius 1 is 1.32 bits per heavy atom. The largest absolute Gasteiger partial charge is 0.465 e. The molecule has 2 nitrogen and oxygen atoms in total. The summed E-state index contributed by atoms with van der Waals surface area (Å²) in [7, 11) is 0. The molecule has 0 heterocycles. The zero-order valence-electron chi connectivity index (χ0n) is 14.5. The van der Waals surface area contributed by atoms with Crippen molar-refractivity contribution in [2.45, 2.75) is 57.0 Å². The molecule has 0 aromatic heterocycles. The Labute approximate surface area is 156 Å². The van der Waals surface area contributed by atoms with Gasteiger partial charge in [-0.1, -0.05) is 50.8 Å². The van der Waals surface area contributed by atoms with E-state index in [9.17, 15) is 18.0 Å². The van der Waals surface area contributed by atoms with Gasteiger partial charge in [-0.2, -0.15) is 13.2 Å². The molecule has 0 radical (unpaired) electrons. The SMILES string of the molecule is CCCCC(CC)COC(=O)CCSc1cccc(Cl)c1C(F)(F)F. The van der Waals surface area contributed by atoms with Crippen LogP contribution in [0.15, 0.2) is 23.1 Å². The van der Waals surface area contributed by atoms with Crippen LogP contribution in [0.5, 0.6) is 0 Å². The van der Waals surface area contributed by atoms with E-state index in [4.69, 9.17) is 16.3 Å². The molecule has 25 heavy (non-hydrogen) atoms. The van der Waals surface area contributed by atoms with Crippen molar-refractivity contribution in [2.75, 3.05) is 12.4 Å². The molecule has 1 rings (SSSR count). The Balaban J connectivity index is 2.47. The summed E-state index contributed by atoms with van der Waals surface area (Å²) >= 11 is 6.64. The average Bonchev–Trinajstić information content (AvgIpc) is 2.54. The first-order chi connectivity index (χ1) is 11.8. The minimum Gasteiger partial charge on any atom is -0.465 e.